The third-order valence-corrected chi connectivity index (χ3v) is 5.22. The van der Waals surface area contributed by atoms with E-state index in [0.717, 1.165) is 49.8 Å². The molecule has 1 aromatic carbocycles. The van der Waals surface area contributed by atoms with Gasteiger partial charge in [-0.1, -0.05) is 36.4 Å². The number of nitrogens with zero attached hydrogens (tertiary/aromatic N) is 3. The van der Waals surface area contributed by atoms with E-state index in [4.69, 9.17) is 0 Å². The monoisotopic (exact) mass is 521 g/mol. The first-order valence-electron chi connectivity index (χ1n) is 10.4. The Bertz CT molecular complexity index is 827. The van der Waals surface area contributed by atoms with Crippen LogP contribution in [0, 0.1) is 12.8 Å². The number of halogens is 1. The molecule has 1 amide bonds. The van der Waals surface area contributed by atoms with Gasteiger partial charge in [0.15, 0.2) is 5.96 Å². The average molecular weight is 521 g/mol. The molecule has 0 saturated carbocycles. The Morgan fingerprint density at radius 1 is 1.20 bits per heavy atom. The maximum Gasteiger partial charge on any atom is 0.223 e. The van der Waals surface area contributed by atoms with Crippen LogP contribution in [-0.4, -0.2) is 47.9 Å². The van der Waals surface area contributed by atoms with E-state index in [1.54, 1.807) is 6.20 Å². The van der Waals surface area contributed by atoms with Crippen molar-refractivity contribution in [2.75, 3.05) is 26.2 Å². The number of hydrogen-bond acceptors (Lipinski definition) is 3. The number of carbonyl (C=O) groups excluding carboxylic acids is 1. The van der Waals surface area contributed by atoms with Crippen molar-refractivity contribution in [3.05, 3.63) is 65.5 Å². The van der Waals surface area contributed by atoms with Gasteiger partial charge >= 0.3 is 0 Å². The standard InChI is InChI=1S/C23H31N5O.HI/c1-3-24-23(27-16-21-18(2)8-7-12-25-21)26-15-20-14-22(29)28(17-20)13-11-19-9-5-4-6-10-19;/h4-10,12,20H,3,11,13-17H2,1-2H3,(H2,24,26,27);1H. The van der Waals surface area contributed by atoms with Crippen molar-refractivity contribution in [3.63, 3.8) is 0 Å². The molecule has 1 aromatic heterocycles. The summed E-state index contributed by atoms with van der Waals surface area (Å²) in [6, 6.07) is 14.3. The lowest BCUT2D eigenvalue weighted by molar-refractivity contribution is -0.127. The summed E-state index contributed by atoms with van der Waals surface area (Å²) in [5, 5.41) is 6.68. The molecule has 1 aliphatic heterocycles. The van der Waals surface area contributed by atoms with E-state index in [0.29, 0.717) is 18.9 Å². The van der Waals surface area contributed by atoms with E-state index in [1.165, 1.54) is 5.56 Å². The van der Waals surface area contributed by atoms with Crippen LogP contribution in [0.4, 0.5) is 0 Å². The molecule has 1 saturated heterocycles. The first-order chi connectivity index (χ1) is 14.2. The number of benzene rings is 1. The molecule has 3 rings (SSSR count). The Labute approximate surface area is 196 Å². The summed E-state index contributed by atoms with van der Waals surface area (Å²) in [7, 11) is 0. The molecule has 0 bridgehead atoms. The van der Waals surface area contributed by atoms with Crippen LogP contribution in [0.2, 0.25) is 0 Å². The summed E-state index contributed by atoms with van der Waals surface area (Å²) in [5.74, 6) is 1.32. The maximum atomic E-state index is 12.4. The smallest absolute Gasteiger partial charge is 0.223 e. The van der Waals surface area contributed by atoms with Gasteiger partial charge in [-0.25, -0.2) is 4.99 Å². The quantitative estimate of drug-likeness (QED) is 0.318. The fourth-order valence-electron chi connectivity index (χ4n) is 3.54. The molecule has 7 heteroatoms. The molecule has 1 aliphatic rings. The maximum absolute atomic E-state index is 12.4. The van der Waals surface area contributed by atoms with Crippen molar-refractivity contribution in [2.45, 2.75) is 33.2 Å². The summed E-state index contributed by atoms with van der Waals surface area (Å²) < 4.78 is 0. The number of rotatable bonds is 8. The number of aromatic nitrogens is 1. The Kier molecular flexibility index (Phi) is 10.1. The Hall–Kier alpha value is -2.16. The van der Waals surface area contributed by atoms with Gasteiger partial charge < -0.3 is 15.5 Å². The lowest BCUT2D eigenvalue weighted by Gasteiger charge is -2.18. The number of amides is 1. The average Bonchev–Trinajstić information content (AvgIpc) is 3.10. The first kappa shape index (κ1) is 24.1. The van der Waals surface area contributed by atoms with Crippen LogP contribution in [0.1, 0.15) is 30.2 Å². The van der Waals surface area contributed by atoms with Crippen LogP contribution in [0.15, 0.2) is 53.7 Å². The van der Waals surface area contributed by atoms with Crippen molar-refractivity contribution in [1.82, 2.24) is 20.5 Å². The number of hydrogen-bond donors (Lipinski definition) is 2. The van der Waals surface area contributed by atoms with Crippen LogP contribution in [0.3, 0.4) is 0 Å². The Morgan fingerprint density at radius 3 is 2.73 bits per heavy atom. The molecule has 1 atom stereocenters. The highest BCUT2D eigenvalue weighted by atomic mass is 127. The molecule has 162 valence electrons. The second-order valence-corrected chi connectivity index (χ2v) is 7.49. The van der Waals surface area contributed by atoms with Crippen molar-refractivity contribution >= 4 is 35.8 Å². The SMILES string of the molecule is CCNC(=NCc1ncccc1C)NCC1CC(=O)N(CCc2ccccc2)C1.I. The van der Waals surface area contributed by atoms with Crippen LogP contribution in [-0.2, 0) is 17.8 Å². The number of carbonyl (C=O) groups is 1. The lowest BCUT2D eigenvalue weighted by Crippen LogP contribution is -2.40. The molecule has 1 unspecified atom stereocenters. The van der Waals surface area contributed by atoms with Gasteiger partial charge in [-0.15, -0.1) is 24.0 Å². The molecule has 6 nitrogen and oxygen atoms in total. The zero-order valence-corrected chi connectivity index (χ0v) is 20.1. The molecular formula is C23H32IN5O. The summed E-state index contributed by atoms with van der Waals surface area (Å²) in [4.78, 5) is 23.4. The fourth-order valence-corrected chi connectivity index (χ4v) is 3.54. The summed E-state index contributed by atoms with van der Waals surface area (Å²) >= 11 is 0. The van der Waals surface area contributed by atoms with Gasteiger partial charge in [0, 0.05) is 44.7 Å². The Balaban J connectivity index is 0.00000320. The van der Waals surface area contributed by atoms with Gasteiger partial charge in [-0.2, -0.15) is 0 Å². The van der Waals surface area contributed by atoms with E-state index < -0.39 is 0 Å². The number of aryl methyl sites for hydroxylation is 1. The molecule has 1 fully saturated rings. The van der Waals surface area contributed by atoms with Crippen LogP contribution in [0.5, 0.6) is 0 Å². The minimum Gasteiger partial charge on any atom is -0.357 e. The number of aliphatic imine (C=N–C) groups is 1. The molecule has 0 spiro atoms. The molecule has 30 heavy (non-hydrogen) atoms. The van der Waals surface area contributed by atoms with Crippen molar-refractivity contribution in [2.24, 2.45) is 10.9 Å². The predicted molar refractivity (Wildman–Crippen MR) is 132 cm³/mol. The van der Waals surface area contributed by atoms with Crippen LogP contribution >= 0.6 is 24.0 Å². The largest absolute Gasteiger partial charge is 0.357 e. The molecule has 2 aromatic rings. The highest BCUT2D eigenvalue weighted by Gasteiger charge is 2.29. The predicted octanol–water partition coefficient (Wildman–Crippen LogP) is 3.15. The first-order valence-corrected chi connectivity index (χ1v) is 10.4. The van der Waals surface area contributed by atoms with E-state index in [1.807, 2.05) is 49.1 Å². The van der Waals surface area contributed by atoms with E-state index >= 15 is 0 Å². The number of nitrogens with one attached hydrogen (secondary N) is 2. The van der Waals surface area contributed by atoms with Crippen molar-refractivity contribution in [3.8, 4) is 0 Å². The zero-order chi connectivity index (χ0) is 20.5. The normalized spacial score (nSPS) is 16.3. The second kappa shape index (κ2) is 12.5. The van der Waals surface area contributed by atoms with Gasteiger partial charge in [-0.05, 0) is 37.5 Å². The topological polar surface area (TPSA) is 69.6 Å². The minimum absolute atomic E-state index is 0. The van der Waals surface area contributed by atoms with Gasteiger partial charge in [0.1, 0.15) is 0 Å². The van der Waals surface area contributed by atoms with Crippen molar-refractivity contribution in [1.29, 1.82) is 0 Å². The fraction of sp³-hybridized carbons (Fsp3) is 0.435. The molecule has 0 aliphatic carbocycles. The molecule has 0 radical (unpaired) electrons. The van der Waals surface area contributed by atoms with Crippen LogP contribution in [0.25, 0.3) is 0 Å². The number of guanidine groups is 1. The van der Waals surface area contributed by atoms with Gasteiger partial charge in [-0.3, -0.25) is 9.78 Å². The zero-order valence-electron chi connectivity index (χ0n) is 17.8. The highest BCUT2D eigenvalue weighted by molar-refractivity contribution is 14.0. The lowest BCUT2D eigenvalue weighted by atomic mass is 10.1. The van der Waals surface area contributed by atoms with Gasteiger partial charge in [0.2, 0.25) is 5.91 Å². The summed E-state index contributed by atoms with van der Waals surface area (Å²) in [6.45, 7) is 7.75. The molecular weight excluding hydrogens is 489 g/mol. The summed E-state index contributed by atoms with van der Waals surface area (Å²) in [6.07, 6.45) is 3.30. The van der Waals surface area contributed by atoms with E-state index in [9.17, 15) is 4.79 Å². The highest BCUT2D eigenvalue weighted by Crippen LogP contribution is 2.17. The second-order valence-electron chi connectivity index (χ2n) is 7.49. The third-order valence-electron chi connectivity index (χ3n) is 5.22. The number of likely N-dealkylation sites (tertiary alicyclic amines) is 1. The van der Waals surface area contributed by atoms with E-state index in [2.05, 4.69) is 32.7 Å². The van der Waals surface area contributed by atoms with Crippen LogP contribution < -0.4 is 10.6 Å². The molecule has 2 N–H and O–H groups in total. The van der Waals surface area contributed by atoms with E-state index in [-0.39, 0.29) is 29.9 Å². The number of pyridine rings is 1. The van der Waals surface area contributed by atoms with Crippen molar-refractivity contribution < 1.29 is 4.79 Å². The molecule has 2 heterocycles. The minimum atomic E-state index is 0. The Morgan fingerprint density at radius 2 is 2.00 bits per heavy atom. The van der Waals surface area contributed by atoms with Gasteiger partial charge in [0.05, 0.1) is 12.2 Å². The van der Waals surface area contributed by atoms with Gasteiger partial charge in [0.25, 0.3) is 0 Å². The summed E-state index contributed by atoms with van der Waals surface area (Å²) in [5.41, 5.74) is 3.39. The third kappa shape index (κ3) is 7.27.